The van der Waals surface area contributed by atoms with Crippen LogP contribution in [0.5, 0.6) is 0 Å². The summed E-state index contributed by atoms with van der Waals surface area (Å²) in [5.41, 5.74) is 0. The third-order valence-electron chi connectivity index (χ3n) is 2.35. The van der Waals surface area contributed by atoms with Crippen LogP contribution in [0.1, 0.15) is 13.8 Å². The monoisotopic (exact) mass is 229 g/mol. The van der Waals surface area contributed by atoms with Gasteiger partial charge in [0.25, 0.3) is 0 Å². The molecule has 0 spiro atoms. The molecule has 0 fully saturated rings. The Morgan fingerprint density at radius 1 is 1.56 bits per heavy atom. The first-order chi connectivity index (χ1) is 7.70. The Morgan fingerprint density at radius 3 is 2.88 bits per heavy atom. The number of methoxy groups -OCH3 is 1. The second-order valence-corrected chi connectivity index (χ2v) is 3.50. The highest BCUT2D eigenvalue weighted by Crippen LogP contribution is 2.20. The number of hydrogen-bond acceptors (Lipinski definition) is 5. The van der Waals surface area contributed by atoms with Gasteiger partial charge in [0, 0.05) is 12.8 Å². The van der Waals surface area contributed by atoms with Crippen LogP contribution in [0, 0.1) is 0 Å². The largest absolute Gasteiger partial charge is 0.498 e. The molecule has 0 aromatic heterocycles. The first kappa shape index (κ1) is 13.2. The standard InChI is InChI=1S/C11H19NO4/c1-4-15-7-16-11-9(14-3)5-6-12-10(11)8(2)13/h5-6,8,10-11,13H,4,7H2,1-3H3. The van der Waals surface area contributed by atoms with E-state index in [-0.39, 0.29) is 18.9 Å². The van der Waals surface area contributed by atoms with Gasteiger partial charge < -0.3 is 19.3 Å². The molecule has 0 aromatic rings. The molecule has 0 radical (unpaired) electrons. The Hall–Kier alpha value is -0.910. The fourth-order valence-electron chi connectivity index (χ4n) is 1.50. The number of ether oxygens (including phenoxy) is 3. The van der Waals surface area contributed by atoms with Gasteiger partial charge in [0.2, 0.25) is 0 Å². The molecular weight excluding hydrogens is 210 g/mol. The summed E-state index contributed by atoms with van der Waals surface area (Å²) >= 11 is 0. The van der Waals surface area contributed by atoms with Crippen LogP contribution in [-0.4, -0.2) is 50.1 Å². The fraction of sp³-hybridized carbons (Fsp3) is 0.727. The average molecular weight is 229 g/mol. The molecule has 0 saturated heterocycles. The Kier molecular flexibility index (Phi) is 5.45. The number of aliphatic imine (C=N–C) groups is 1. The van der Waals surface area contributed by atoms with Crippen LogP contribution >= 0.6 is 0 Å². The summed E-state index contributed by atoms with van der Waals surface area (Å²) in [4.78, 5) is 4.18. The van der Waals surface area contributed by atoms with Crippen molar-refractivity contribution in [2.75, 3.05) is 20.5 Å². The number of hydrogen-bond donors (Lipinski definition) is 1. The van der Waals surface area contributed by atoms with Crippen molar-refractivity contribution in [1.82, 2.24) is 0 Å². The van der Waals surface area contributed by atoms with Crippen molar-refractivity contribution in [3.63, 3.8) is 0 Å². The predicted octanol–water partition coefficient (Wildman–Crippen LogP) is 0.730. The number of aliphatic hydroxyl groups excluding tert-OH is 1. The summed E-state index contributed by atoms with van der Waals surface area (Å²) in [6.45, 7) is 4.32. The number of dihydropyridines is 1. The zero-order valence-electron chi connectivity index (χ0n) is 9.92. The first-order valence-electron chi connectivity index (χ1n) is 5.35. The maximum absolute atomic E-state index is 9.60. The van der Waals surface area contributed by atoms with Gasteiger partial charge in [-0.1, -0.05) is 0 Å². The molecule has 0 aromatic carbocycles. The van der Waals surface area contributed by atoms with Crippen molar-refractivity contribution in [3.05, 3.63) is 11.8 Å². The van der Waals surface area contributed by atoms with Crippen LogP contribution in [0.2, 0.25) is 0 Å². The van der Waals surface area contributed by atoms with Crippen LogP contribution < -0.4 is 0 Å². The third kappa shape index (κ3) is 3.30. The Bertz CT molecular complexity index is 263. The number of nitrogens with zero attached hydrogens (tertiary/aromatic N) is 1. The van der Waals surface area contributed by atoms with Gasteiger partial charge in [0.1, 0.15) is 24.7 Å². The van der Waals surface area contributed by atoms with E-state index in [2.05, 4.69) is 4.99 Å². The summed E-state index contributed by atoms with van der Waals surface area (Å²) in [5.74, 6) is 0.653. The topological polar surface area (TPSA) is 60.3 Å². The Labute approximate surface area is 95.7 Å². The van der Waals surface area contributed by atoms with Crippen LogP contribution in [-0.2, 0) is 14.2 Å². The lowest BCUT2D eigenvalue weighted by Crippen LogP contribution is -2.40. The number of allylic oxidation sites excluding steroid dienone is 1. The third-order valence-corrected chi connectivity index (χ3v) is 2.35. The van der Waals surface area contributed by atoms with E-state index < -0.39 is 6.10 Å². The molecule has 1 heterocycles. The van der Waals surface area contributed by atoms with E-state index in [4.69, 9.17) is 14.2 Å². The van der Waals surface area contributed by atoms with Crippen molar-refractivity contribution in [3.8, 4) is 0 Å². The number of rotatable bonds is 6. The molecule has 3 unspecified atom stereocenters. The summed E-state index contributed by atoms with van der Waals surface area (Å²) in [6, 6.07) is -0.347. The molecule has 92 valence electrons. The van der Waals surface area contributed by atoms with E-state index in [1.165, 1.54) is 0 Å². The molecule has 0 saturated carbocycles. The molecule has 1 N–H and O–H groups in total. The zero-order valence-corrected chi connectivity index (χ0v) is 9.92. The molecule has 1 rings (SSSR count). The molecule has 0 amide bonds. The van der Waals surface area contributed by atoms with E-state index >= 15 is 0 Å². The van der Waals surface area contributed by atoms with Crippen LogP contribution in [0.15, 0.2) is 16.8 Å². The van der Waals surface area contributed by atoms with Gasteiger partial charge in [-0.15, -0.1) is 0 Å². The second kappa shape index (κ2) is 6.62. The molecular formula is C11H19NO4. The molecule has 3 atom stereocenters. The van der Waals surface area contributed by atoms with E-state index in [1.54, 1.807) is 26.3 Å². The molecule has 0 bridgehead atoms. The van der Waals surface area contributed by atoms with Gasteiger partial charge in [-0.25, -0.2) is 0 Å². The van der Waals surface area contributed by atoms with Gasteiger partial charge in [-0.05, 0) is 19.9 Å². The van der Waals surface area contributed by atoms with E-state index in [0.29, 0.717) is 12.4 Å². The van der Waals surface area contributed by atoms with E-state index in [0.717, 1.165) is 0 Å². The molecule has 1 aliphatic rings. The molecule has 1 aliphatic heterocycles. The molecule has 0 aliphatic carbocycles. The minimum absolute atomic E-state index is 0.167. The highest BCUT2D eigenvalue weighted by molar-refractivity contribution is 5.73. The van der Waals surface area contributed by atoms with E-state index in [9.17, 15) is 5.11 Å². The van der Waals surface area contributed by atoms with Crippen molar-refractivity contribution in [2.45, 2.75) is 32.1 Å². The second-order valence-electron chi connectivity index (χ2n) is 3.50. The summed E-state index contributed by atoms with van der Waals surface area (Å²) < 4.78 is 15.8. The smallest absolute Gasteiger partial charge is 0.147 e. The highest BCUT2D eigenvalue weighted by atomic mass is 16.7. The van der Waals surface area contributed by atoms with Gasteiger partial charge in [-0.2, -0.15) is 0 Å². The summed E-state index contributed by atoms with van der Waals surface area (Å²) in [7, 11) is 1.57. The fourth-order valence-corrected chi connectivity index (χ4v) is 1.50. The Balaban J connectivity index is 2.64. The van der Waals surface area contributed by atoms with Gasteiger partial charge in [-0.3, -0.25) is 4.99 Å². The van der Waals surface area contributed by atoms with Gasteiger partial charge >= 0.3 is 0 Å². The normalized spacial score (nSPS) is 26.4. The average Bonchev–Trinajstić information content (AvgIpc) is 2.29. The van der Waals surface area contributed by atoms with Crippen LogP contribution in [0.4, 0.5) is 0 Å². The first-order valence-corrected chi connectivity index (χ1v) is 5.35. The lowest BCUT2D eigenvalue weighted by Gasteiger charge is -2.29. The SMILES string of the molecule is CCOCOC1C(OC)=CC=NC1C(C)O. The van der Waals surface area contributed by atoms with E-state index in [1.807, 2.05) is 6.92 Å². The van der Waals surface area contributed by atoms with Crippen LogP contribution in [0.3, 0.4) is 0 Å². The van der Waals surface area contributed by atoms with Crippen molar-refractivity contribution >= 4 is 6.21 Å². The maximum atomic E-state index is 9.60. The Morgan fingerprint density at radius 2 is 2.31 bits per heavy atom. The summed E-state index contributed by atoms with van der Waals surface area (Å²) in [5, 5.41) is 9.60. The van der Waals surface area contributed by atoms with Gasteiger partial charge in [0.15, 0.2) is 0 Å². The van der Waals surface area contributed by atoms with Crippen molar-refractivity contribution < 1.29 is 19.3 Å². The zero-order chi connectivity index (χ0) is 12.0. The molecule has 5 heteroatoms. The number of aliphatic hydroxyl groups is 1. The molecule has 5 nitrogen and oxygen atoms in total. The maximum Gasteiger partial charge on any atom is 0.147 e. The minimum atomic E-state index is -0.596. The predicted molar refractivity (Wildman–Crippen MR) is 60.4 cm³/mol. The molecule has 16 heavy (non-hydrogen) atoms. The lowest BCUT2D eigenvalue weighted by molar-refractivity contribution is -0.102. The van der Waals surface area contributed by atoms with Gasteiger partial charge in [0.05, 0.1) is 13.2 Å². The lowest BCUT2D eigenvalue weighted by atomic mass is 10.0. The van der Waals surface area contributed by atoms with Crippen molar-refractivity contribution in [1.29, 1.82) is 0 Å². The highest BCUT2D eigenvalue weighted by Gasteiger charge is 2.31. The minimum Gasteiger partial charge on any atom is -0.498 e. The quantitative estimate of drug-likeness (QED) is 0.539. The van der Waals surface area contributed by atoms with Crippen LogP contribution in [0.25, 0.3) is 0 Å². The van der Waals surface area contributed by atoms with Crippen molar-refractivity contribution in [2.24, 2.45) is 4.99 Å². The summed E-state index contributed by atoms with van der Waals surface area (Å²) in [6.07, 6.45) is 2.37.